The average Bonchev–Trinajstić information content (AvgIpc) is 3.10. The van der Waals surface area contributed by atoms with Gasteiger partial charge in [-0.1, -0.05) is 31.0 Å². The van der Waals surface area contributed by atoms with E-state index < -0.39 is 0 Å². The maximum atomic E-state index is 11.9. The molecule has 0 spiro atoms. The highest BCUT2D eigenvalue weighted by Gasteiger charge is 2.31. The van der Waals surface area contributed by atoms with Crippen molar-refractivity contribution < 1.29 is 14.3 Å². The molecule has 4 nitrogen and oxygen atoms in total. The zero-order valence-electron chi connectivity index (χ0n) is 11.5. The van der Waals surface area contributed by atoms with Gasteiger partial charge in [-0.3, -0.25) is 0 Å². The molecule has 0 amide bonds. The lowest BCUT2D eigenvalue weighted by atomic mass is 10.1. The maximum Gasteiger partial charge on any atom is 0.363 e. The molecule has 3 rings (SSSR count). The number of carbonyl (C=O) groups is 1. The Hall–Kier alpha value is -2.10. The van der Waals surface area contributed by atoms with Crippen LogP contribution in [0, 0.1) is 5.92 Å². The van der Waals surface area contributed by atoms with Gasteiger partial charge in [0, 0.05) is 11.5 Å². The number of benzene rings is 1. The van der Waals surface area contributed by atoms with Crippen LogP contribution in [-0.2, 0) is 9.53 Å². The molecule has 1 saturated carbocycles. The van der Waals surface area contributed by atoms with E-state index in [2.05, 4.69) is 4.99 Å². The molecule has 0 unspecified atom stereocenters. The van der Waals surface area contributed by atoms with Gasteiger partial charge in [-0.2, -0.15) is 0 Å². The first kappa shape index (κ1) is 12.9. The van der Waals surface area contributed by atoms with Gasteiger partial charge >= 0.3 is 5.97 Å². The Labute approximate surface area is 118 Å². The summed E-state index contributed by atoms with van der Waals surface area (Å²) < 4.78 is 10.6. The molecule has 1 aliphatic heterocycles. The lowest BCUT2D eigenvalue weighted by molar-refractivity contribution is -0.130. The third-order valence-corrected chi connectivity index (χ3v) is 3.77. The first-order chi connectivity index (χ1) is 9.78. The summed E-state index contributed by atoms with van der Waals surface area (Å²) in [5.41, 5.74) is 1.19. The number of esters is 1. The molecular formula is C16H17NO3. The monoisotopic (exact) mass is 271 g/mol. The van der Waals surface area contributed by atoms with E-state index in [-0.39, 0.29) is 5.97 Å². The topological polar surface area (TPSA) is 47.9 Å². The normalized spacial score (nSPS) is 21.1. The average molecular weight is 271 g/mol. The summed E-state index contributed by atoms with van der Waals surface area (Å²) >= 11 is 0. The maximum absolute atomic E-state index is 11.9. The lowest BCUT2D eigenvalue weighted by Crippen LogP contribution is -2.12. The van der Waals surface area contributed by atoms with Gasteiger partial charge in [0.1, 0.15) is 5.75 Å². The van der Waals surface area contributed by atoms with Crippen molar-refractivity contribution >= 4 is 17.9 Å². The molecule has 0 radical (unpaired) electrons. The fourth-order valence-corrected chi connectivity index (χ4v) is 2.71. The minimum Gasteiger partial charge on any atom is -0.496 e. The predicted octanol–water partition coefficient (Wildman–Crippen LogP) is 3.18. The van der Waals surface area contributed by atoms with E-state index in [1.807, 2.05) is 24.3 Å². The van der Waals surface area contributed by atoms with E-state index >= 15 is 0 Å². The van der Waals surface area contributed by atoms with Crippen LogP contribution in [0.2, 0.25) is 0 Å². The van der Waals surface area contributed by atoms with Crippen LogP contribution in [0.4, 0.5) is 0 Å². The van der Waals surface area contributed by atoms with Crippen LogP contribution in [0.3, 0.4) is 0 Å². The largest absolute Gasteiger partial charge is 0.496 e. The molecule has 4 heteroatoms. The number of hydrogen-bond donors (Lipinski definition) is 0. The molecule has 0 bridgehead atoms. The minimum atomic E-state index is -0.363. The number of aliphatic imine (C=N–C) groups is 1. The van der Waals surface area contributed by atoms with Gasteiger partial charge in [0.15, 0.2) is 5.70 Å². The highest BCUT2D eigenvalue weighted by atomic mass is 16.6. The van der Waals surface area contributed by atoms with E-state index in [1.54, 1.807) is 13.2 Å². The summed E-state index contributed by atoms with van der Waals surface area (Å²) in [6.45, 7) is 0. The minimum absolute atomic E-state index is 0.308. The van der Waals surface area contributed by atoms with Crippen molar-refractivity contribution in [1.29, 1.82) is 0 Å². The highest BCUT2D eigenvalue weighted by Crippen LogP contribution is 2.31. The highest BCUT2D eigenvalue weighted by molar-refractivity contribution is 6.08. The third-order valence-electron chi connectivity index (χ3n) is 3.77. The number of cyclic esters (lactones) is 1. The van der Waals surface area contributed by atoms with E-state index in [0.29, 0.717) is 17.5 Å². The van der Waals surface area contributed by atoms with Crippen molar-refractivity contribution in [1.82, 2.24) is 0 Å². The Bertz CT molecular complexity index is 583. The number of rotatable bonds is 3. The summed E-state index contributed by atoms with van der Waals surface area (Å²) in [7, 11) is 1.61. The quantitative estimate of drug-likeness (QED) is 0.626. The molecule has 0 saturated heterocycles. The first-order valence-corrected chi connectivity index (χ1v) is 6.93. The Morgan fingerprint density at radius 1 is 1.30 bits per heavy atom. The molecule has 1 aromatic carbocycles. The number of nitrogens with zero attached hydrogens (tertiary/aromatic N) is 1. The Morgan fingerprint density at radius 3 is 2.80 bits per heavy atom. The van der Waals surface area contributed by atoms with Crippen LogP contribution >= 0.6 is 0 Å². The number of methoxy groups -OCH3 is 1. The molecule has 0 atom stereocenters. The molecule has 20 heavy (non-hydrogen) atoms. The number of ether oxygens (including phenoxy) is 2. The van der Waals surface area contributed by atoms with Crippen molar-refractivity contribution in [2.24, 2.45) is 10.9 Å². The molecule has 0 N–H and O–H groups in total. The number of hydrogen-bond acceptors (Lipinski definition) is 4. The predicted molar refractivity (Wildman–Crippen MR) is 76.5 cm³/mol. The Balaban J connectivity index is 1.89. The van der Waals surface area contributed by atoms with Crippen molar-refractivity contribution in [3.8, 4) is 5.75 Å². The van der Waals surface area contributed by atoms with Gasteiger partial charge < -0.3 is 9.47 Å². The lowest BCUT2D eigenvalue weighted by Gasteiger charge is -2.05. The molecule has 1 fully saturated rings. The molecule has 0 aromatic heterocycles. The third kappa shape index (κ3) is 2.46. The zero-order chi connectivity index (χ0) is 13.9. The van der Waals surface area contributed by atoms with Crippen molar-refractivity contribution in [2.75, 3.05) is 7.11 Å². The fourth-order valence-electron chi connectivity index (χ4n) is 2.71. The van der Waals surface area contributed by atoms with E-state index in [1.165, 1.54) is 12.8 Å². The second-order valence-corrected chi connectivity index (χ2v) is 5.09. The molecule has 2 aliphatic rings. The van der Waals surface area contributed by atoms with Crippen LogP contribution in [0.5, 0.6) is 5.75 Å². The summed E-state index contributed by atoms with van der Waals surface area (Å²) in [5, 5.41) is 0. The Kier molecular flexibility index (Phi) is 3.54. The smallest absolute Gasteiger partial charge is 0.363 e. The summed E-state index contributed by atoms with van der Waals surface area (Å²) in [6.07, 6.45) is 6.23. The van der Waals surface area contributed by atoms with Gasteiger partial charge in [0.2, 0.25) is 5.90 Å². The summed E-state index contributed by atoms with van der Waals surface area (Å²) in [6, 6.07) is 7.54. The van der Waals surface area contributed by atoms with Crippen LogP contribution in [0.25, 0.3) is 6.08 Å². The standard InChI is InChI=1S/C16H17NO3/c1-19-14-9-5-4-8-12(14)10-13-16(18)20-15(17-13)11-6-2-3-7-11/h4-5,8-11H,2-3,6-7H2,1H3/b13-10+. The SMILES string of the molecule is COc1ccccc1/C=C1/N=C(C2CCCC2)OC1=O. The van der Waals surface area contributed by atoms with Gasteiger partial charge in [0.25, 0.3) is 0 Å². The van der Waals surface area contributed by atoms with E-state index in [4.69, 9.17) is 9.47 Å². The molecule has 104 valence electrons. The van der Waals surface area contributed by atoms with Crippen LogP contribution in [-0.4, -0.2) is 19.0 Å². The molecular weight excluding hydrogens is 254 g/mol. The molecule has 1 aromatic rings. The second-order valence-electron chi connectivity index (χ2n) is 5.09. The fraction of sp³-hybridized carbons (Fsp3) is 0.375. The van der Waals surface area contributed by atoms with Gasteiger partial charge in [0.05, 0.1) is 7.11 Å². The molecule has 1 aliphatic carbocycles. The van der Waals surface area contributed by atoms with Crippen molar-refractivity contribution in [3.05, 3.63) is 35.5 Å². The van der Waals surface area contributed by atoms with Gasteiger partial charge in [-0.25, -0.2) is 9.79 Å². The molecule has 1 heterocycles. The Morgan fingerprint density at radius 2 is 2.05 bits per heavy atom. The van der Waals surface area contributed by atoms with Gasteiger partial charge in [-0.05, 0) is 25.0 Å². The number of para-hydroxylation sites is 1. The van der Waals surface area contributed by atoms with Crippen LogP contribution < -0.4 is 4.74 Å². The first-order valence-electron chi connectivity index (χ1n) is 6.93. The van der Waals surface area contributed by atoms with Crippen molar-refractivity contribution in [2.45, 2.75) is 25.7 Å². The number of carbonyl (C=O) groups excluding carboxylic acids is 1. The second kappa shape index (κ2) is 5.49. The van der Waals surface area contributed by atoms with Crippen LogP contribution in [0.15, 0.2) is 35.0 Å². The van der Waals surface area contributed by atoms with Crippen molar-refractivity contribution in [3.63, 3.8) is 0 Å². The van der Waals surface area contributed by atoms with E-state index in [9.17, 15) is 4.79 Å². The summed E-state index contributed by atoms with van der Waals surface area (Å²) in [4.78, 5) is 16.3. The van der Waals surface area contributed by atoms with Gasteiger partial charge in [-0.15, -0.1) is 0 Å². The van der Waals surface area contributed by atoms with Crippen LogP contribution in [0.1, 0.15) is 31.2 Å². The zero-order valence-corrected chi connectivity index (χ0v) is 11.5. The van der Waals surface area contributed by atoms with E-state index in [0.717, 1.165) is 24.2 Å². The summed E-state index contributed by atoms with van der Waals surface area (Å²) in [5.74, 6) is 1.26.